The largest absolute Gasteiger partial charge is 0.351 e. The van der Waals surface area contributed by atoms with Crippen molar-refractivity contribution in [1.82, 2.24) is 5.32 Å². The summed E-state index contributed by atoms with van der Waals surface area (Å²) in [7, 11) is 0. The van der Waals surface area contributed by atoms with Crippen LogP contribution in [0.3, 0.4) is 0 Å². The van der Waals surface area contributed by atoms with E-state index in [0.717, 1.165) is 11.5 Å². The Morgan fingerprint density at radius 1 is 1.50 bits per heavy atom. The molecule has 1 heterocycles. The predicted octanol–water partition coefficient (Wildman–Crippen LogP) is 0.837. The topological polar surface area (TPSA) is 55.1 Å². The SMILES string of the molecule is CC1CSCC1NC(=O)[C@@H](N)C(C)C. The fraction of sp³-hybridized carbons (Fsp3) is 0.900. The Morgan fingerprint density at radius 3 is 2.57 bits per heavy atom. The van der Waals surface area contributed by atoms with E-state index in [9.17, 15) is 4.79 Å². The lowest BCUT2D eigenvalue weighted by Gasteiger charge is -2.21. The number of amides is 1. The minimum absolute atomic E-state index is 0.000602. The van der Waals surface area contributed by atoms with Gasteiger partial charge in [0.2, 0.25) is 5.91 Å². The highest BCUT2D eigenvalue weighted by Gasteiger charge is 2.27. The summed E-state index contributed by atoms with van der Waals surface area (Å²) in [5.41, 5.74) is 5.76. The van der Waals surface area contributed by atoms with Gasteiger partial charge in [0, 0.05) is 11.8 Å². The van der Waals surface area contributed by atoms with E-state index >= 15 is 0 Å². The van der Waals surface area contributed by atoms with E-state index < -0.39 is 0 Å². The Balaban J connectivity index is 2.40. The summed E-state index contributed by atoms with van der Waals surface area (Å²) >= 11 is 1.90. The van der Waals surface area contributed by atoms with Crippen molar-refractivity contribution in [1.29, 1.82) is 0 Å². The van der Waals surface area contributed by atoms with Crippen LogP contribution in [0.25, 0.3) is 0 Å². The molecule has 1 fully saturated rings. The van der Waals surface area contributed by atoms with Gasteiger partial charge in [0.05, 0.1) is 6.04 Å². The molecule has 3 atom stereocenters. The molecule has 1 aliphatic heterocycles. The summed E-state index contributed by atoms with van der Waals surface area (Å²) in [5.74, 6) is 2.95. The van der Waals surface area contributed by atoms with Crippen LogP contribution in [0, 0.1) is 11.8 Å². The van der Waals surface area contributed by atoms with E-state index in [4.69, 9.17) is 5.73 Å². The number of hydrogen-bond acceptors (Lipinski definition) is 3. The van der Waals surface area contributed by atoms with Crippen molar-refractivity contribution in [2.75, 3.05) is 11.5 Å². The minimum atomic E-state index is -0.368. The number of rotatable bonds is 3. The second-order valence-corrected chi connectivity index (χ2v) is 5.47. The van der Waals surface area contributed by atoms with Gasteiger partial charge in [-0.05, 0) is 17.6 Å². The molecule has 0 aliphatic carbocycles. The quantitative estimate of drug-likeness (QED) is 0.735. The summed E-state index contributed by atoms with van der Waals surface area (Å²) in [4.78, 5) is 11.6. The molecular formula is C10H20N2OS. The van der Waals surface area contributed by atoms with Crippen molar-refractivity contribution in [3.63, 3.8) is 0 Å². The molecule has 0 spiro atoms. The van der Waals surface area contributed by atoms with Gasteiger partial charge in [0.1, 0.15) is 0 Å². The van der Waals surface area contributed by atoms with Crippen LogP contribution >= 0.6 is 11.8 Å². The van der Waals surface area contributed by atoms with Crippen LogP contribution in [0.15, 0.2) is 0 Å². The Kier molecular flexibility index (Phi) is 4.26. The van der Waals surface area contributed by atoms with Crippen LogP contribution < -0.4 is 11.1 Å². The molecule has 3 N–H and O–H groups in total. The molecule has 1 saturated heterocycles. The number of nitrogens with one attached hydrogen (secondary N) is 1. The van der Waals surface area contributed by atoms with E-state index in [-0.39, 0.29) is 17.9 Å². The van der Waals surface area contributed by atoms with Gasteiger partial charge in [-0.15, -0.1) is 0 Å². The zero-order valence-corrected chi connectivity index (χ0v) is 9.93. The fourth-order valence-corrected chi connectivity index (χ4v) is 2.83. The molecule has 1 aliphatic rings. The maximum Gasteiger partial charge on any atom is 0.237 e. The lowest BCUT2D eigenvalue weighted by Crippen LogP contribution is -2.49. The van der Waals surface area contributed by atoms with E-state index in [1.807, 2.05) is 25.6 Å². The molecular weight excluding hydrogens is 196 g/mol. The summed E-state index contributed by atoms with van der Waals surface area (Å²) < 4.78 is 0. The monoisotopic (exact) mass is 216 g/mol. The molecule has 0 aromatic carbocycles. The molecule has 0 saturated carbocycles. The van der Waals surface area contributed by atoms with E-state index in [2.05, 4.69) is 12.2 Å². The van der Waals surface area contributed by atoms with Crippen LogP contribution in [0.1, 0.15) is 20.8 Å². The van der Waals surface area contributed by atoms with Crippen molar-refractivity contribution < 1.29 is 4.79 Å². The van der Waals surface area contributed by atoms with Crippen molar-refractivity contribution in [3.05, 3.63) is 0 Å². The van der Waals surface area contributed by atoms with Crippen LogP contribution in [-0.4, -0.2) is 29.5 Å². The third-order valence-corrected chi connectivity index (χ3v) is 4.07. The first-order chi connectivity index (χ1) is 6.52. The molecule has 2 unspecified atom stereocenters. The highest BCUT2D eigenvalue weighted by Crippen LogP contribution is 2.23. The second-order valence-electron chi connectivity index (χ2n) is 4.40. The summed E-state index contributed by atoms with van der Waals surface area (Å²) in [5, 5.41) is 3.02. The molecule has 0 aromatic heterocycles. The van der Waals surface area contributed by atoms with E-state index in [1.54, 1.807) is 0 Å². The Labute approximate surface area is 90.2 Å². The first kappa shape index (κ1) is 11.9. The number of thioether (sulfide) groups is 1. The molecule has 1 amide bonds. The predicted molar refractivity (Wildman–Crippen MR) is 61.2 cm³/mol. The normalized spacial score (nSPS) is 29.2. The molecule has 4 heteroatoms. The van der Waals surface area contributed by atoms with Crippen LogP contribution in [0.4, 0.5) is 0 Å². The average molecular weight is 216 g/mol. The lowest BCUT2D eigenvalue weighted by molar-refractivity contribution is -0.124. The van der Waals surface area contributed by atoms with E-state index in [0.29, 0.717) is 12.0 Å². The molecule has 1 rings (SSSR count). The van der Waals surface area contributed by atoms with Gasteiger partial charge < -0.3 is 11.1 Å². The number of carbonyl (C=O) groups excluding carboxylic acids is 1. The number of nitrogens with two attached hydrogens (primary N) is 1. The summed E-state index contributed by atoms with van der Waals surface area (Å²) in [6.07, 6.45) is 0. The van der Waals surface area contributed by atoms with Crippen LogP contribution in [0.5, 0.6) is 0 Å². The van der Waals surface area contributed by atoms with E-state index in [1.165, 1.54) is 0 Å². The second kappa shape index (κ2) is 5.03. The third-order valence-electron chi connectivity index (χ3n) is 2.71. The first-order valence-electron chi connectivity index (χ1n) is 5.16. The highest BCUT2D eigenvalue weighted by molar-refractivity contribution is 7.99. The molecule has 82 valence electrons. The van der Waals surface area contributed by atoms with Gasteiger partial charge in [-0.25, -0.2) is 0 Å². The Hall–Kier alpha value is -0.220. The van der Waals surface area contributed by atoms with Crippen molar-refractivity contribution in [2.24, 2.45) is 17.6 Å². The van der Waals surface area contributed by atoms with Gasteiger partial charge in [0.25, 0.3) is 0 Å². The smallest absolute Gasteiger partial charge is 0.237 e. The van der Waals surface area contributed by atoms with Gasteiger partial charge in [-0.1, -0.05) is 20.8 Å². The number of hydrogen-bond donors (Lipinski definition) is 2. The Morgan fingerprint density at radius 2 is 2.14 bits per heavy atom. The first-order valence-corrected chi connectivity index (χ1v) is 6.31. The maximum atomic E-state index is 11.6. The lowest BCUT2D eigenvalue weighted by atomic mass is 10.0. The standard InChI is InChI=1S/C10H20N2OS/c1-6(2)9(11)10(13)12-8-5-14-4-7(8)3/h6-9H,4-5,11H2,1-3H3,(H,12,13)/t7?,8?,9-/m0/s1. The molecule has 0 aromatic rings. The van der Waals surface area contributed by atoms with Gasteiger partial charge in [0.15, 0.2) is 0 Å². The highest BCUT2D eigenvalue weighted by atomic mass is 32.2. The Bertz CT molecular complexity index is 208. The molecule has 0 radical (unpaired) electrons. The summed E-state index contributed by atoms with van der Waals surface area (Å²) in [6, 6.07) is -0.0508. The van der Waals surface area contributed by atoms with Gasteiger partial charge in [-0.2, -0.15) is 11.8 Å². The van der Waals surface area contributed by atoms with Crippen molar-refractivity contribution in [3.8, 4) is 0 Å². The third kappa shape index (κ3) is 2.89. The number of carbonyl (C=O) groups is 1. The zero-order valence-electron chi connectivity index (χ0n) is 9.12. The van der Waals surface area contributed by atoms with Crippen molar-refractivity contribution in [2.45, 2.75) is 32.9 Å². The van der Waals surface area contributed by atoms with Crippen molar-refractivity contribution >= 4 is 17.7 Å². The average Bonchev–Trinajstić information content (AvgIpc) is 2.50. The van der Waals surface area contributed by atoms with Gasteiger partial charge in [-0.3, -0.25) is 4.79 Å². The maximum absolute atomic E-state index is 11.6. The molecule has 14 heavy (non-hydrogen) atoms. The minimum Gasteiger partial charge on any atom is -0.351 e. The zero-order chi connectivity index (χ0) is 10.7. The molecule has 3 nitrogen and oxygen atoms in total. The summed E-state index contributed by atoms with van der Waals surface area (Å²) in [6.45, 7) is 6.11. The van der Waals surface area contributed by atoms with Crippen LogP contribution in [-0.2, 0) is 4.79 Å². The van der Waals surface area contributed by atoms with Gasteiger partial charge >= 0.3 is 0 Å². The van der Waals surface area contributed by atoms with Crippen LogP contribution in [0.2, 0.25) is 0 Å². The fourth-order valence-electron chi connectivity index (χ4n) is 1.43. The molecule has 0 bridgehead atoms.